The van der Waals surface area contributed by atoms with Gasteiger partial charge >= 0.3 is 11.9 Å². The molecule has 2 aliphatic heterocycles. The first-order valence-electron chi connectivity index (χ1n) is 26.6. The fraction of sp³-hybridized carbons (Fsp3) is 0.397. The van der Waals surface area contributed by atoms with Crippen LogP contribution in [0.5, 0.6) is 11.5 Å². The third kappa shape index (κ3) is 11.6. The van der Waals surface area contributed by atoms with Gasteiger partial charge in [0.15, 0.2) is 5.60 Å². The number of hydrogen-bond donors (Lipinski definition) is 1. The van der Waals surface area contributed by atoms with Gasteiger partial charge in [-0.1, -0.05) is 112 Å². The molecule has 1 aliphatic carbocycles. The monoisotopic (exact) mass is 937 g/mol. The fourth-order valence-electron chi connectivity index (χ4n) is 11.1. The van der Waals surface area contributed by atoms with Gasteiger partial charge in [0.25, 0.3) is 0 Å². The van der Waals surface area contributed by atoms with E-state index in [0.717, 1.165) is 66.5 Å². The minimum Gasteiger partial charge on any atom is -0.472 e. The van der Waals surface area contributed by atoms with Crippen molar-refractivity contribution in [3.05, 3.63) is 172 Å². The predicted octanol–water partition coefficient (Wildman–Crippen LogP) is 15.6. The van der Waals surface area contributed by atoms with Crippen LogP contribution in [0.1, 0.15) is 165 Å². The molecule has 70 heavy (non-hydrogen) atoms. The van der Waals surface area contributed by atoms with E-state index in [2.05, 4.69) is 77.8 Å². The lowest BCUT2D eigenvalue weighted by Gasteiger charge is -2.37. The Morgan fingerprint density at radius 1 is 0.714 bits per heavy atom. The predicted molar refractivity (Wildman–Crippen MR) is 287 cm³/mol. The molecule has 3 aliphatic rings. The van der Waals surface area contributed by atoms with Crippen molar-refractivity contribution in [1.29, 1.82) is 0 Å². The molecule has 2 heterocycles. The molecule has 2 fully saturated rings. The number of carbonyl (C=O) groups excluding carboxylic acids is 2. The van der Waals surface area contributed by atoms with Crippen molar-refractivity contribution in [2.24, 2.45) is 5.92 Å². The fourth-order valence-corrected chi connectivity index (χ4v) is 11.1. The second-order valence-electron chi connectivity index (χ2n) is 19.9. The number of nitrogens with zero attached hydrogens (tertiary/aromatic N) is 1. The molecule has 0 bridgehead atoms. The molecule has 9 rings (SSSR count). The van der Waals surface area contributed by atoms with Crippen LogP contribution >= 0.6 is 0 Å². The quantitative estimate of drug-likeness (QED) is 0.0464. The Labute approximate surface area is 416 Å². The van der Waals surface area contributed by atoms with Gasteiger partial charge in [-0.3, -0.25) is 0 Å². The van der Waals surface area contributed by atoms with Crippen molar-refractivity contribution < 1.29 is 23.8 Å². The average Bonchev–Trinajstić information content (AvgIpc) is 3.41. The first kappa shape index (κ1) is 48.7. The summed E-state index contributed by atoms with van der Waals surface area (Å²) >= 11 is 0. The smallest absolute Gasteiger partial charge is 0.343 e. The van der Waals surface area contributed by atoms with Crippen molar-refractivity contribution in [1.82, 2.24) is 0 Å². The number of hydrogen-bond acceptors (Lipinski definition) is 7. The van der Waals surface area contributed by atoms with Crippen LogP contribution in [0.4, 0.5) is 11.4 Å². The molecule has 7 heteroatoms. The summed E-state index contributed by atoms with van der Waals surface area (Å²) in [6.07, 6.45) is 24.7. The van der Waals surface area contributed by atoms with Crippen LogP contribution in [-0.2, 0) is 16.8 Å². The molecule has 0 radical (unpaired) electrons. The maximum atomic E-state index is 13.6. The highest BCUT2D eigenvalue weighted by Gasteiger charge is 2.39. The largest absolute Gasteiger partial charge is 0.472 e. The van der Waals surface area contributed by atoms with Gasteiger partial charge in [-0.2, -0.15) is 0 Å². The van der Waals surface area contributed by atoms with Crippen LogP contribution < -0.4 is 19.7 Å². The van der Waals surface area contributed by atoms with Crippen LogP contribution in [-0.4, -0.2) is 38.2 Å². The van der Waals surface area contributed by atoms with E-state index >= 15 is 0 Å². The van der Waals surface area contributed by atoms with Crippen LogP contribution in [0.2, 0.25) is 0 Å². The van der Waals surface area contributed by atoms with Gasteiger partial charge < -0.3 is 24.4 Å². The van der Waals surface area contributed by atoms with E-state index in [4.69, 9.17) is 14.2 Å². The molecule has 6 aromatic rings. The molecule has 364 valence electrons. The molecule has 1 saturated heterocycles. The van der Waals surface area contributed by atoms with E-state index in [1.54, 1.807) is 42.8 Å². The van der Waals surface area contributed by atoms with E-state index in [0.29, 0.717) is 33.6 Å². The van der Waals surface area contributed by atoms with Crippen LogP contribution in [0.15, 0.2) is 133 Å². The molecular formula is C63H72N2O5. The van der Waals surface area contributed by atoms with Gasteiger partial charge in [-0.15, -0.1) is 0 Å². The molecule has 1 saturated carbocycles. The zero-order valence-corrected chi connectivity index (χ0v) is 41.6. The molecule has 1 N–H and O–H groups in total. The summed E-state index contributed by atoms with van der Waals surface area (Å²) < 4.78 is 18.8. The summed E-state index contributed by atoms with van der Waals surface area (Å²) in [5, 5.41) is 5.01. The lowest BCUT2D eigenvalue weighted by Crippen LogP contribution is -2.35. The van der Waals surface area contributed by atoms with E-state index in [9.17, 15) is 9.59 Å². The van der Waals surface area contributed by atoms with Crippen molar-refractivity contribution in [2.75, 3.05) is 36.5 Å². The van der Waals surface area contributed by atoms with Gasteiger partial charge in [0.2, 0.25) is 0 Å². The first-order valence-corrected chi connectivity index (χ1v) is 26.6. The molecule has 1 unspecified atom stereocenters. The maximum absolute atomic E-state index is 13.6. The van der Waals surface area contributed by atoms with Crippen LogP contribution in [0.25, 0.3) is 16.8 Å². The number of ether oxygens (including phenoxy) is 3. The van der Waals surface area contributed by atoms with Crippen molar-refractivity contribution >= 4 is 40.2 Å². The lowest BCUT2D eigenvalue weighted by molar-refractivity contribution is 0.0524. The molecule has 1 atom stereocenters. The highest BCUT2D eigenvalue weighted by Crippen LogP contribution is 2.47. The summed E-state index contributed by atoms with van der Waals surface area (Å²) in [6.45, 7) is 7.34. The van der Waals surface area contributed by atoms with Gasteiger partial charge in [0.05, 0.1) is 17.7 Å². The molecule has 0 amide bonds. The number of aryl methyl sites for hydroxylation is 1. The molecule has 0 aromatic heterocycles. The Balaban J connectivity index is 0.796. The van der Waals surface area contributed by atoms with Gasteiger partial charge in [-0.25, -0.2) is 9.59 Å². The summed E-state index contributed by atoms with van der Waals surface area (Å²) in [7, 11) is 0. The van der Waals surface area contributed by atoms with Crippen molar-refractivity contribution in [3.63, 3.8) is 0 Å². The number of benzene rings is 6. The highest BCUT2D eigenvalue weighted by molar-refractivity contribution is 6.04. The Morgan fingerprint density at radius 2 is 1.46 bits per heavy atom. The summed E-state index contributed by atoms with van der Waals surface area (Å²) in [5.74, 6) is 1.74. The Hall–Kier alpha value is -6.34. The number of rotatable bonds is 20. The number of piperidine rings is 1. The summed E-state index contributed by atoms with van der Waals surface area (Å²) in [6, 6.07) is 43.2. The number of unbranched alkanes of at least 4 members (excludes halogenated alkanes) is 5. The maximum Gasteiger partial charge on any atom is 0.343 e. The average molecular weight is 937 g/mol. The highest BCUT2D eigenvalue weighted by atomic mass is 16.5. The van der Waals surface area contributed by atoms with Crippen LogP contribution in [0.3, 0.4) is 0 Å². The second kappa shape index (κ2) is 23.5. The normalized spacial score (nSPS) is 18.7. The first-order chi connectivity index (χ1) is 34.4. The SMILES string of the molecule is CCCCCC1CCC(c2ccc(CCCCCCNc3ccc(C(=O)Oc4ccc5c6c(c(C(=O)OCC)cc5c4)C=CC(c4ccccc4)(c4ccc(N5CCCCC5)cc4)O6)cc3)cc2)CC1. The van der Waals surface area contributed by atoms with Gasteiger partial charge in [0.1, 0.15) is 11.5 Å². The number of nitrogens with one attached hydrogen (secondary N) is 1. The summed E-state index contributed by atoms with van der Waals surface area (Å²) in [4.78, 5) is 29.5. The zero-order valence-electron chi connectivity index (χ0n) is 41.6. The van der Waals surface area contributed by atoms with E-state index in [1.807, 2.05) is 48.6 Å². The Bertz CT molecular complexity index is 2680. The minimum atomic E-state index is -0.972. The number of carbonyl (C=O) groups is 2. The van der Waals surface area contributed by atoms with Crippen molar-refractivity contribution in [2.45, 2.75) is 128 Å². The second-order valence-corrected chi connectivity index (χ2v) is 19.9. The molecular weight excluding hydrogens is 865 g/mol. The molecule has 6 aromatic carbocycles. The Kier molecular flexibility index (Phi) is 16.3. The van der Waals surface area contributed by atoms with Crippen LogP contribution in [0, 0.1) is 5.92 Å². The standard InChI is InChI=1S/C63H72N2O5/c1-3-5-10-17-46-21-25-48(26-22-46)49-27-23-47(24-28-49)18-11-6-7-14-41-64-54-33-29-50(30-34-54)61(66)69-56-37-38-57-51(44-56)45-59(62(67)68-4-2)58-39-40-63(70-60(57)58,52-19-12-8-13-20-52)53-31-35-55(36-32-53)65-42-15-9-16-43-65/h8,12-13,19-20,23-24,27-40,44-46,48,64H,3-7,9-11,14-18,21-22,25-26,41-43H2,1-2H3. The summed E-state index contributed by atoms with van der Waals surface area (Å²) in [5.41, 5.74) is 7.65. The number of esters is 2. The number of fused-ring (bicyclic) bond motifs is 3. The Morgan fingerprint density at radius 3 is 2.20 bits per heavy atom. The van der Waals surface area contributed by atoms with Gasteiger partial charge in [-0.05, 0) is 172 Å². The third-order valence-corrected chi connectivity index (χ3v) is 15.1. The zero-order chi connectivity index (χ0) is 48.1. The van der Waals surface area contributed by atoms with E-state index < -0.39 is 17.5 Å². The lowest BCUT2D eigenvalue weighted by atomic mass is 9.77. The molecule has 7 nitrogen and oxygen atoms in total. The van der Waals surface area contributed by atoms with E-state index in [-0.39, 0.29) is 6.61 Å². The van der Waals surface area contributed by atoms with Crippen molar-refractivity contribution in [3.8, 4) is 11.5 Å². The minimum absolute atomic E-state index is 0.231. The number of anilines is 2. The third-order valence-electron chi connectivity index (χ3n) is 15.1. The van der Waals surface area contributed by atoms with Gasteiger partial charge in [0, 0.05) is 53.1 Å². The topological polar surface area (TPSA) is 77.1 Å². The molecule has 0 spiro atoms. The van der Waals surface area contributed by atoms with E-state index in [1.165, 1.54) is 101 Å².